The lowest BCUT2D eigenvalue weighted by Gasteiger charge is -2.48. The van der Waals surface area contributed by atoms with Gasteiger partial charge in [0, 0.05) is 0 Å². The Morgan fingerprint density at radius 1 is 0.311 bits per heavy atom. The largest absolute Gasteiger partial charge is 0.394 e. The molecule has 0 saturated carbocycles. The van der Waals surface area contributed by atoms with Crippen LogP contribution in [0.25, 0.3) is 0 Å². The molecule has 0 spiro atoms. The summed E-state index contributed by atoms with van der Waals surface area (Å²) in [5, 5.41) is 142. The van der Waals surface area contributed by atoms with E-state index in [0.29, 0.717) is 0 Å². The molecule has 4 heterocycles. The number of hydrogen-bond donors (Lipinski definition) is 14. The Morgan fingerprint density at radius 2 is 0.578 bits per heavy atom. The van der Waals surface area contributed by atoms with E-state index in [1.165, 1.54) is 0 Å². The molecule has 20 unspecified atom stereocenters. The fourth-order valence-corrected chi connectivity index (χ4v) is 5.47. The van der Waals surface area contributed by atoms with Crippen LogP contribution in [0.1, 0.15) is 0 Å². The van der Waals surface area contributed by atoms with Gasteiger partial charge in [-0.05, 0) is 0 Å². The monoisotopic (exact) mass is 666 g/mol. The average Bonchev–Trinajstić information content (AvgIpc) is 3.03. The number of hydrogen-bond acceptors (Lipinski definition) is 21. The van der Waals surface area contributed by atoms with Crippen molar-refractivity contribution in [2.24, 2.45) is 0 Å². The normalized spacial score (nSPS) is 52.9. The molecule has 0 aromatic heterocycles. The first-order valence-corrected chi connectivity index (χ1v) is 14.1. The lowest BCUT2D eigenvalue weighted by molar-refractivity contribution is -0.397. The van der Waals surface area contributed by atoms with Crippen molar-refractivity contribution in [3.63, 3.8) is 0 Å². The fraction of sp³-hybridized carbons (Fsp3) is 1.00. The Hall–Kier alpha value is -0.840. The molecular weight excluding hydrogens is 624 g/mol. The number of aliphatic hydroxyl groups excluding tert-OH is 14. The van der Waals surface area contributed by atoms with Crippen molar-refractivity contribution in [1.29, 1.82) is 0 Å². The summed E-state index contributed by atoms with van der Waals surface area (Å²) in [6.07, 6.45) is -35.3. The summed E-state index contributed by atoms with van der Waals surface area (Å²) in [7, 11) is 0. The molecule has 264 valence electrons. The van der Waals surface area contributed by atoms with E-state index in [1.54, 1.807) is 0 Å². The van der Waals surface area contributed by atoms with Gasteiger partial charge in [0.1, 0.15) is 97.7 Å². The minimum absolute atomic E-state index is 0.782. The maximum absolute atomic E-state index is 10.8. The van der Waals surface area contributed by atoms with E-state index in [0.717, 1.165) is 0 Å². The third kappa shape index (κ3) is 7.44. The first-order valence-electron chi connectivity index (χ1n) is 14.1. The van der Waals surface area contributed by atoms with E-state index < -0.39 is 149 Å². The maximum atomic E-state index is 10.8. The van der Waals surface area contributed by atoms with Crippen LogP contribution in [0, 0.1) is 0 Å². The molecule has 20 atom stereocenters. The van der Waals surface area contributed by atoms with Crippen LogP contribution in [0.15, 0.2) is 0 Å². The van der Waals surface area contributed by atoms with Gasteiger partial charge in [-0.15, -0.1) is 0 Å². The van der Waals surface area contributed by atoms with Crippen LogP contribution in [-0.4, -0.2) is 221 Å². The van der Waals surface area contributed by atoms with Crippen molar-refractivity contribution >= 4 is 0 Å². The standard InChI is InChI=1S/C24H42O21/c25-1-5-9(29)11(31)15(35)21(39-5)43-19-7(3-27)41-22(17(37)13(19)33)44-20-8(4-28)42-24(18(38)14(20)34)45-23-16(36)12(32)10(30)6(2-26)40-23/h5-38H,1-4H2. The molecule has 4 rings (SSSR count). The van der Waals surface area contributed by atoms with Crippen molar-refractivity contribution in [2.75, 3.05) is 26.4 Å². The SMILES string of the molecule is OCC1OC(OC2OC(CO)C(OC3OC(CO)C(OC4OC(CO)C(O)C(O)C4O)C(O)C3O)C(O)C2O)C(O)C(O)C1O. The van der Waals surface area contributed by atoms with Gasteiger partial charge in [0.05, 0.1) is 26.4 Å². The molecule has 4 aliphatic heterocycles. The van der Waals surface area contributed by atoms with Gasteiger partial charge in [-0.25, -0.2) is 0 Å². The second-order valence-corrected chi connectivity index (χ2v) is 11.1. The molecule has 0 aromatic rings. The minimum Gasteiger partial charge on any atom is -0.394 e. The van der Waals surface area contributed by atoms with Gasteiger partial charge < -0.3 is 105 Å². The van der Waals surface area contributed by atoms with Gasteiger partial charge >= 0.3 is 0 Å². The molecule has 4 saturated heterocycles. The predicted molar refractivity (Wildman–Crippen MR) is 134 cm³/mol. The number of aliphatic hydroxyl groups is 14. The molecule has 45 heavy (non-hydrogen) atoms. The zero-order valence-corrected chi connectivity index (χ0v) is 23.5. The van der Waals surface area contributed by atoms with Gasteiger partial charge in [-0.2, -0.15) is 0 Å². The van der Waals surface area contributed by atoms with Crippen LogP contribution in [0.4, 0.5) is 0 Å². The van der Waals surface area contributed by atoms with Crippen molar-refractivity contribution in [3.8, 4) is 0 Å². The van der Waals surface area contributed by atoms with E-state index in [9.17, 15) is 71.5 Å². The molecule has 0 amide bonds. The molecule has 0 bridgehead atoms. The van der Waals surface area contributed by atoms with Gasteiger partial charge in [0.15, 0.2) is 25.2 Å². The first-order chi connectivity index (χ1) is 21.3. The van der Waals surface area contributed by atoms with Crippen molar-refractivity contribution in [2.45, 2.75) is 123 Å². The van der Waals surface area contributed by atoms with Crippen LogP contribution in [0.3, 0.4) is 0 Å². The molecule has 0 aromatic carbocycles. The summed E-state index contributed by atoms with van der Waals surface area (Å²) < 4.78 is 37.8. The van der Waals surface area contributed by atoms with E-state index in [-0.39, 0.29) is 0 Å². The second kappa shape index (κ2) is 15.6. The molecule has 4 aliphatic rings. The van der Waals surface area contributed by atoms with Crippen molar-refractivity contribution in [1.82, 2.24) is 0 Å². The van der Waals surface area contributed by atoms with Gasteiger partial charge in [-0.1, -0.05) is 0 Å². The second-order valence-electron chi connectivity index (χ2n) is 11.1. The van der Waals surface area contributed by atoms with Gasteiger partial charge in [0.25, 0.3) is 0 Å². The van der Waals surface area contributed by atoms with E-state index in [2.05, 4.69) is 0 Å². The lowest BCUT2D eigenvalue weighted by atomic mass is 9.96. The topological polar surface area (TPSA) is 348 Å². The highest BCUT2D eigenvalue weighted by Gasteiger charge is 2.54. The van der Waals surface area contributed by atoms with E-state index in [4.69, 9.17) is 33.2 Å². The molecular formula is C24H42O21. The van der Waals surface area contributed by atoms with E-state index >= 15 is 0 Å². The summed E-state index contributed by atoms with van der Waals surface area (Å²) >= 11 is 0. The summed E-state index contributed by atoms with van der Waals surface area (Å²) in [5.74, 6) is 0. The summed E-state index contributed by atoms with van der Waals surface area (Å²) in [6.45, 7) is -3.36. The number of ether oxygens (including phenoxy) is 7. The van der Waals surface area contributed by atoms with Crippen LogP contribution in [-0.2, 0) is 33.2 Å². The Morgan fingerprint density at radius 3 is 0.889 bits per heavy atom. The van der Waals surface area contributed by atoms with Crippen LogP contribution in [0.2, 0.25) is 0 Å². The van der Waals surface area contributed by atoms with Crippen LogP contribution >= 0.6 is 0 Å². The molecule has 0 aliphatic carbocycles. The third-order valence-electron chi connectivity index (χ3n) is 8.19. The Bertz CT molecular complexity index is 910. The summed E-state index contributed by atoms with van der Waals surface area (Å²) in [6, 6.07) is 0. The zero-order chi connectivity index (χ0) is 33.3. The van der Waals surface area contributed by atoms with Crippen molar-refractivity contribution in [3.05, 3.63) is 0 Å². The smallest absolute Gasteiger partial charge is 0.189 e. The molecule has 21 nitrogen and oxygen atoms in total. The highest BCUT2D eigenvalue weighted by atomic mass is 16.8. The van der Waals surface area contributed by atoms with E-state index in [1.807, 2.05) is 0 Å². The summed E-state index contributed by atoms with van der Waals surface area (Å²) in [5.41, 5.74) is 0. The average molecular weight is 667 g/mol. The lowest BCUT2D eigenvalue weighted by Crippen LogP contribution is -2.67. The molecule has 0 radical (unpaired) electrons. The fourth-order valence-electron chi connectivity index (χ4n) is 5.47. The highest BCUT2D eigenvalue weighted by Crippen LogP contribution is 2.33. The maximum Gasteiger partial charge on any atom is 0.189 e. The van der Waals surface area contributed by atoms with Crippen LogP contribution < -0.4 is 0 Å². The molecule has 21 heteroatoms. The minimum atomic E-state index is -2.02. The quantitative estimate of drug-likeness (QED) is 0.103. The van der Waals surface area contributed by atoms with Gasteiger partial charge in [-0.3, -0.25) is 0 Å². The highest BCUT2D eigenvalue weighted by molar-refractivity contribution is 4.97. The Kier molecular flexibility index (Phi) is 12.8. The third-order valence-corrected chi connectivity index (χ3v) is 8.19. The van der Waals surface area contributed by atoms with Gasteiger partial charge in [0.2, 0.25) is 0 Å². The molecule has 4 fully saturated rings. The first kappa shape index (κ1) is 37.0. The zero-order valence-electron chi connectivity index (χ0n) is 23.5. The molecule has 14 N–H and O–H groups in total. The Balaban J connectivity index is 1.42. The summed E-state index contributed by atoms with van der Waals surface area (Å²) in [4.78, 5) is 0. The Labute approximate surface area is 254 Å². The van der Waals surface area contributed by atoms with Crippen LogP contribution in [0.5, 0.6) is 0 Å². The predicted octanol–water partition coefficient (Wildman–Crippen LogP) is -9.75. The number of rotatable bonds is 10. The van der Waals surface area contributed by atoms with Crippen molar-refractivity contribution < 1.29 is 105 Å².